The molecule has 42 heavy (non-hydrogen) atoms. The molecular weight excluding hydrogens is 543 g/mol. The van der Waals surface area contributed by atoms with Crippen molar-refractivity contribution in [3.05, 3.63) is 78.4 Å². The van der Waals surface area contributed by atoms with Crippen molar-refractivity contribution in [1.29, 1.82) is 0 Å². The number of fused-ring (bicyclic) bond motifs is 1. The number of carbonyl (C=O) groups excluding carboxylic acids is 2. The lowest BCUT2D eigenvalue weighted by Crippen LogP contribution is -2.33. The molecule has 14 heteroatoms. The fourth-order valence-corrected chi connectivity index (χ4v) is 4.50. The van der Waals surface area contributed by atoms with Crippen LogP contribution in [0.25, 0.3) is 22.3 Å². The van der Waals surface area contributed by atoms with Gasteiger partial charge in [-0.15, -0.1) is 0 Å². The van der Waals surface area contributed by atoms with E-state index in [1.54, 1.807) is 16.6 Å². The summed E-state index contributed by atoms with van der Waals surface area (Å²) in [7, 11) is 3.12. The third-order valence-electron chi connectivity index (χ3n) is 6.85. The summed E-state index contributed by atoms with van der Waals surface area (Å²) in [5, 5.41) is 12.1. The first-order valence-electron chi connectivity index (χ1n) is 13.1. The van der Waals surface area contributed by atoms with Gasteiger partial charge in [0.05, 0.1) is 24.1 Å². The Morgan fingerprint density at radius 2 is 1.93 bits per heavy atom. The zero-order chi connectivity index (χ0) is 29.8. The van der Waals surface area contributed by atoms with Crippen LogP contribution in [-0.4, -0.2) is 72.1 Å². The van der Waals surface area contributed by atoms with Crippen molar-refractivity contribution in [2.45, 2.75) is 25.9 Å². The summed E-state index contributed by atoms with van der Waals surface area (Å²) in [6.07, 6.45) is 4.65. The predicted molar refractivity (Wildman–Crippen MR) is 152 cm³/mol. The van der Waals surface area contributed by atoms with Crippen LogP contribution in [0.3, 0.4) is 0 Å². The second-order valence-electron chi connectivity index (χ2n) is 9.66. The fraction of sp³-hybridized carbons (Fsp3) is 0.250. The number of nitrogens with two attached hydrogens (primary N) is 1. The minimum atomic E-state index is -0.526. The molecule has 0 aliphatic rings. The Balaban J connectivity index is 1.32. The number of rotatable bonds is 9. The molecule has 3 N–H and O–H groups in total. The van der Waals surface area contributed by atoms with E-state index in [9.17, 15) is 14.0 Å². The molecule has 0 aliphatic heterocycles. The van der Waals surface area contributed by atoms with Crippen LogP contribution in [0.4, 0.5) is 15.0 Å². The molecule has 0 spiro atoms. The summed E-state index contributed by atoms with van der Waals surface area (Å²) < 4.78 is 21.8. The van der Waals surface area contributed by atoms with E-state index in [1.807, 2.05) is 31.2 Å². The first-order valence-corrected chi connectivity index (χ1v) is 13.1. The van der Waals surface area contributed by atoms with E-state index in [2.05, 4.69) is 25.4 Å². The number of hydrogen-bond donors (Lipinski definition) is 2. The van der Waals surface area contributed by atoms with Gasteiger partial charge in [-0.05, 0) is 37.1 Å². The topological polar surface area (TPSA) is 159 Å². The molecule has 0 saturated carbocycles. The number of ether oxygens (including phenoxy) is 1. The van der Waals surface area contributed by atoms with E-state index in [0.717, 1.165) is 17.2 Å². The quantitative estimate of drug-likeness (QED) is 0.270. The van der Waals surface area contributed by atoms with Crippen LogP contribution in [0.1, 0.15) is 35.3 Å². The highest BCUT2D eigenvalue weighted by atomic mass is 19.1. The number of nitrogens with one attached hydrogen (secondary N) is 1. The SMILES string of the molecule is COc1ccc(F)cc1C(=O)NCc1ccc(-c2nn(C(C)CCN(C)C(=O)n3cncn3)c3ncnc(N)c23)cc1. The second-order valence-corrected chi connectivity index (χ2v) is 9.66. The van der Waals surface area contributed by atoms with Gasteiger partial charge in [0.15, 0.2) is 5.65 Å². The summed E-state index contributed by atoms with van der Waals surface area (Å²) in [5.74, 6) is -0.393. The number of carbonyl (C=O) groups is 2. The number of anilines is 1. The maximum absolute atomic E-state index is 13.7. The van der Waals surface area contributed by atoms with Crippen LogP contribution in [0, 0.1) is 5.82 Å². The first kappa shape index (κ1) is 28.1. The smallest absolute Gasteiger partial charge is 0.345 e. The summed E-state index contributed by atoms with van der Waals surface area (Å²) in [6.45, 7) is 2.65. The van der Waals surface area contributed by atoms with Gasteiger partial charge >= 0.3 is 6.03 Å². The fourth-order valence-electron chi connectivity index (χ4n) is 4.50. The molecule has 2 aromatic carbocycles. The van der Waals surface area contributed by atoms with Gasteiger partial charge in [0.25, 0.3) is 5.91 Å². The van der Waals surface area contributed by atoms with Crippen LogP contribution in [0.15, 0.2) is 61.4 Å². The number of hydrogen-bond acceptors (Lipinski definition) is 9. The minimum absolute atomic E-state index is 0.115. The first-order chi connectivity index (χ1) is 20.3. The van der Waals surface area contributed by atoms with Gasteiger partial charge in [0.2, 0.25) is 0 Å². The predicted octanol–water partition coefficient (Wildman–Crippen LogP) is 3.30. The molecule has 1 unspecified atom stereocenters. The Bertz CT molecular complexity index is 1720. The third kappa shape index (κ3) is 5.73. The van der Waals surface area contributed by atoms with Gasteiger partial charge in [0, 0.05) is 25.7 Å². The van der Waals surface area contributed by atoms with Crippen LogP contribution < -0.4 is 15.8 Å². The lowest BCUT2D eigenvalue weighted by Gasteiger charge is -2.19. The number of nitrogen functional groups attached to an aromatic ring is 1. The molecule has 0 bridgehead atoms. The Labute approximate surface area is 240 Å². The summed E-state index contributed by atoms with van der Waals surface area (Å²) in [5.41, 5.74) is 9.18. The summed E-state index contributed by atoms with van der Waals surface area (Å²) >= 11 is 0. The molecule has 5 aromatic rings. The zero-order valence-corrected chi connectivity index (χ0v) is 23.2. The van der Waals surface area contributed by atoms with E-state index in [-0.39, 0.29) is 29.9 Å². The largest absolute Gasteiger partial charge is 0.496 e. The summed E-state index contributed by atoms with van der Waals surface area (Å²) in [6, 6.07) is 10.8. The van der Waals surface area contributed by atoms with Gasteiger partial charge in [-0.1, -0.05) is 24.3 Å². The number of halogens is 1. The van der Waals surface area contributed by atoms with Crippen molar-refractivity contribution in [2.24, 2.45) is 0 Å². The van der Waals surface area contributed by atoms with Crippen LogP contribution >= 0.6 is 0 Å². The molecule has 0 aliphatic carbocycles. The molecule has 5 rings (SSSR count). The number of amides is 2. The van der Waals surface area contributed by atoms with Crippen molar-refractivity contribution in [1.82, 2.24) is 44.7 Å². The van der Waals surface area contributed by atoms with Gasteiger partial charge in [-0.2, -0.15) is 14.9 Å². The van der Waals surface area contributed by atoms with Crippen molar-refractivity contribution in [3.8, 4) is 17.0 Å². The highest BCUT2D eigenvalue weighted by Gasteiger charge is 2.21. The van der Waals surface area contributed by atoms with E-state index in [4.69, 9.17) is 15.6 Å². The standard InChI is InChI=1S/C28H29FN10O3/c1-17(10-11-37(2)28(41)38-16-31-14-35-38)39-26-23(25(30)33-15-34-26)24(36-39)19-6-4-18(5-7-19)13-32-27(40)21-12-20(29)8-9-22(21)42-3/h4-9,12,14-17H,10-11,13H2,1-3H3,(H,32,40)(H2,30,33,34). The molecule has 0 saturated heterocycles. The Morgan fingerprint density at radius 3 is 2.64 bits per heavy atom. The zero-order valence-electron chi connectivity index (χ0n) is 23.2. The third-order valence-corrected chi connectivity index (χ3v) is 6.85. The van der Waals surface area contributed by atoms with E-state index in [0.29, 0.717) is 35.5 Å². The van der Waals surface area contributed by atoms with Gasteiger partial charge in [0.1, 0.15) is 42.1 Å². The van der Waals surface area contributed by atoms with Crippen molar-refractivity contribution < 1.29 is 18.7 Å². The van der Waals surface area contributed by atoms with Crippen molar-refractivity contribution >= 4 is 28.8 Å². The van der Waals surface area contributed by atoms with Crippen molar-refractivity contribution in [3.63, 3.8) is 0 Å². The average molecular weight is 573 g/mol. The Kier molecular flexibility index (Phi) is 8.04. The van der Waals surface area contributed by atoms with Crippen molar-refractivity contribution in [2.75, 3.05) is 26.4 Å². The number of methoxy groups -OCH3 is 1. The number of benzene rings is 2. The monoisotopic (exact) mass is 572 g/mol. The maximum atomic E-state index is 13.7. The lowest BCUT2D eigenvalue weighted by molar-refractivity contribution is 0.0947. The van der Waals surface area contributed by atoms with E-state index >= 15 is 0 Å². The Morgan fingerprint density at radius 1 is 1.14 bits per heavy atom. The molecule has 3 heterocycles. The highest BCUT2D eigenvalue weighted by Crippen LogP contribution is 2.32. The summed E-state index contributed by atoms with van der Waals surface area (Å²) in [4.78, 5) is 39.2. The number of aromatic nitrogens is 7. The van der Waals surface area contributed by atoms with Crippen LogP contribution in [0.5, 0.6) is 5.75 Å². The molecule has 2 amide bonds. The molecule has 1 atom stereocenters. The Hall–Kier alpha value is -5.40. The molecular formula is C28H29FN10O3. The molecule has 0 fully saturated rings. The second kappa shape index (κ2) is 12.0. The van der Waals surface area contributed by atoms with Crippen LogP contribution in [-0.2, 0) is 6.54 Å². The molecule has 216 valence electrons. The normalized spacial score (nSPS) is 11.8. The van der Waals surface area contributed by atoms with Gasteiger partial charge in [-0.3, -0.25) is 4.79 Å². The maximum Gasteiger partial charge on any atom is 0.345 e. The lowest BCUT2D eigenvalue weighted by atomic mass is 10.1. The van der Waals surface area contributed by atoms with E-state index in [1.165, 1.54) is 42.9 Å². The minimum Gasteiger partial charge on any atom is -0.496 e. The molecule has 0 radical (unpaired) electrons. The van der Waals surface area contributed by atoms with Gasteiger partial charge < -0.3 is 20.7 Å². The molecule has 13 nitrogen and oxygen atoms in total. The van der Waals surface area contributed by atoms with Crippen LogP contribution in [0.2, 0.25) is 0 Å². The average Bonchev–Trinajstić information content (AvgIpc) is 3.68. The number of nitrogens with zero attached hydrogens (tertiary/aromatic N) is 8. The molecule has 3 aromatic heterocycles. The van der Waals surface area contributed by atoms with Gasteiger partial charge in [-0.25, -0.2) is 28.8 Å². The highest BCUT2D eigenvalue weighted by molar-refractivity contribution is 5.98. The van der Waals surface area contributed by atoms with E-state index < -0.39 is 11.7 Å².